The zero-order valence-corrected chi connectivity index (χ0v) is 14.2. The molecular weight excluding hydrogens is 330 g/mol. The number of fused-ring (bicyclic) bond motifs is 1. The minimum Gasteiger partial charge on any atom is -0.492 e. The third-order valence-corrected chi connectivity index (χ3v) is 4.49. The Kier molecular flexibility index (Phi) is 6.55. The van der Waals surface area contributed by atoms with Crippen molar-refractivity contribution in [3.63, 3.8) is 0 Å². The third kappa shape index (κ3) is 4.73. The molecule has 116 valence electrons. The van der Waals surface area contributed by atoms with Crippen molar-refractivity contribution in [2.75, 3.05) is 18.5 Å². The van der Waals surface area contributed by atoms with E-state index in [0.717, 1.165) is 48.9 Å². The number of carbonyl (C=O) groups is 1. The maximum atomic E-state index is 12.3. The van der Waals surface area contributed by atoms with Crippen LogP contribution in [0.15, 0.2) is 24.3 Å². The van der Waals surface area contributed by atoms with E-state index in [2.05, 4.69) is 28.2 Å². The number of hydrogen-bond donors (Lipinski definition) is 1. The van der Waals surface area contributed by atoms with Crippen molar-refractivity contribution in [2.45, 2.75) is 32.6 Å². The van der Waals surface area contributed by atoms with Crippen LogP contribution in [0.1, 0.15) is 31.7 Å². The molecule has 1 aliphatic heterocycles. The molecule has 1 N–H and O–H groups in total. The van der Waals surface area contributed by atoms with Crippen LogP contribution in [-0.4, -0.2) is 24.4 Å². The van der Waals surface area contributed by atoms with Gasteiger partial charge in [-0.2, -0.15) is 0 Å². The summed E-state index contributed by atoms with van der Waals surface area (Å²) in [5.74, 6) is 1.55. The summed E-state index contributed by atoms with van der Waals surface area (Å²) in [6.45, 7) is 3.45. The highest BCUT2D eigenvalue weighted by Gasteiger charge is 2.25. The quantitative estimate of drug-likeness (QED) is 0.761. The van der Waals surface area contributed by atoms with E-state index in [1.54, 1.807) is 0 Å². The van der Waals surface area contributed by atoms with Crippen LogP contribution in [0.3, 0.4) is 0 Å². The number of ether oxygens (including phenoxy) is 1. The van der Waals surface area contributed by atoms with Crippen molar-refractivity contribution >= 4 is 21.8 Å². The molecule has 0 radical (unpaired) electrons. The summed E-state index contributed by atoms with van der Waals surface area (Å²) in [5.41, 5.74) is 1.13. The second-order valence-electron chi connectivity index (χ2n) is 5.70. The first-order chi connectivity index (χ1) is 10.2. The normalized spacial score (nSPS) is 18.5. The van der Waals surface area contributed by atoms with Gasteiger partial charge in [-0.15, -0.1) is 0 Å². The first-order valence-electron chi connectivity index (χ1n) is 7.79. The topological polar surface area (TPSA) is 38.3 Å². The Hall–Kier alpha value is -1.03. The summed E-state index contributed by atoms with van der Waals surface area (Å²) in [6, 6.07) is 7.97. The van der Waals surface area contributed by atoms with Crippen molar-refractivity contribution in [1.29, 1.82) is 0 Å². The fourth-order valence-corrected chi connectivity index (χ4v) is 3.44. The second-order valence-corrected chi connectivity index (χ2v) is 6.49. The van der Waals surface area contributed by atoms with Gasteiger partial charge in [0.15, 0.2) is 0 Å². The lowest BCUT2D eigenvalue weighted by molar-refractivity contribution is -0.126. The molecule has 2 unspecified atom stereocenters. The highest BCUT2D eigenvalue weighted by Crippen LogP contribution is 2.26. The van der Waals surface area contributed by atoms with Gasteiger partial charge in [0.2, 0.25) is 5.91 Å². The number of benzene rings is 1. The summed E-state index contributed by atoms with van der Waals surface area (Å²) in [6.07, 6.45) is 4.21. The average Bonchev–Trinajstić information content (AvgIpc) is 2.52. The molecule has 1 aromatic carbocycles. The van der Waals surface area contributed by atoms with Gasteiger partial charge in [0.1, 0.15) is 12.4 Å². The molecular formula is C17H24BrNO2. The Labute approximate surface area is 135 Å². The summed E-state index contributed by atoms with van der Waals surface area (Å²) in [7, 11) is 0. The van der Waals surface area contributed by atoms with E-state index in [4.69, 9.17) is 4.74 Å². The van der Waals surface area contributed by atoms with Crippen LogP contribution in [0.2, 0.25) is 0 Å². The van der Waals surface area contributed by atoms with Gasteiger partial charge in [-0.05, 0) is 36.8 Å². The maximum Gasteiger partial charge on any atom is 0.226 e. The maximum absolute atomic E-state index is 12.3. The molecule has 1 heterocycles. The van der Waals surface area contributed by atoms with E-state index in [0.29, 0.717) is 12.5 Å². The smallest absolute Gasteiger partial charge is 0.226 e. The van der Waals surface area contributed by atoms with Crippen LogP contribution in [-0.2, 0) is 11.2 Å². The molecule has 0 bridgehead atoms. The molecule has 2 rings (SSSR count). The molecule has 0 aliphatic carbocycles. The van der Waals surface area contributed by atoms with Crippen molar-refractivity contribution in [3.8, 4) is 5.75 Å². The number of nitrogens with one attached hydrogen (secondary N) is 1. The summed E-state index contributed by atoms with van der Waals surface area (Å²) >= 11 is 3.49. The number of rotatable bonds is 7. The summed E-state index contributed by atoms with van der Waals surface area (Å²) < 4.78 is 5.69. The van der Waals surface area contributed by atoms with Gasteiger partial charge in [0.05, 0.1) is 5.92 Å². The Morgan fingerprint density at radius 2 is 2.24 bits per heavy atom. The number of para-hydroxylation sites is 1. The van der Waals surface area contributed by atoms with E-state index in [-0.39, 0.29) is 11.8 Å². The van der Waals surface area contributed by atoms with Crippen molar-refractivity contribution < 1.29 is 9.53 Å². The lowest BCUT2D eigenvalue weighted by Gasteiger charge is -2.25. The number of alkyl halides is 1. The second kappa shape index (κ2) is 8.42. The molecule has 21 heavy (non-hydrogen) atoms. The highest BCUT2D eigenvalue weighted by molar-refractivity contribution is 9.09. The predicted molar refractivity (Wildman–Crippen MR) is 88.9 cm³/mol. The first kappa shape index (κ1) is 16.3. The molecule has 0 aromatic heterocycles. The number of amides is 1. The molecule has 1 amide bonds. The van der Waals surface area contributed by atoms with Crippen molar-refractivity contribution in [2.24, 2.45) is 11.8 Å². The average molecular weight is 354 g/mol. The lowest BCUT2D eigenvalue weighted by Crippen LogP contribution is -2.39. The SMILES string of the molecule is CCCC(CCBr)CNC(=O)C1COc2ccccc2C1. The van der Waals surface area contributed by atoms with Gasteiger partial charge in [-0.25, -0.2) is 0 Å². The predicted octanol–water partition coefficient (Wildman–Crippen LogP) is 3.56. The van der Waals surface area contributed by atoms with E-state index >= 15 is 0 Å². The van der Waals surface area contributed by atoms with Crippen LogP contribution < -0.4 is 10.1 Å². The van der Waals surface area contributed by atoms with Gasteiger partial charge < -0.3 is 10.1 Å². The Morgan fingerprint density at radius 3 is 3.00 bits per heavy atom. The van der Waals surface area contributed by atoms with Crippen molar-refractivity contribution in [1.82, 2.24) is 5.32 Å². The summed E-state index contributed by atoms with van der Waals surface area (Å²) in [5, 5.41) is 4.11. The van der Waals surface area contributed by atoms with Gasteiger partial charge in [-0.1, -0.05) is 47.5 Å². The number of halogens is 1. The largest absolute Gasteiger partial charge is 0.492 e. The molecule has 0 saturated carbocycles. The summed E-state index contributed by atoms with van der Waals surface area (Å²) in [4.78, 5) is 12.3. The minimum absolute atomic E-state index is 0.0638. The first-order valence-corrected chi connectivity index (χ1v) is 8.91. The standard InChI is InChI=1S/C17H24BrNO2/c1-2-5-13(8-9-18)11-19-17(20)15-10-14-6-3-4-7-16(14)21-12-15/h3-4,6-7,13,15H,2,5,8-12H2,1H3,(H,19,20). The molecule has 0 spiro atoms. The number of hydrogen-bond acceptors (Lipinski definition) is 2. The molecule has 3 nitrogen and oxygen atoms in total. The number of carbonyl (C=O) groups excluding carboxylic acids is 1. The molecule has 2 atom stereocenters. The van der Waals surface area contributed by atoms with E-state index < -0.39 is 0 Å². The van der Waals surface area contributed by atoms with Crippen LogP contribution in [0.25, 0.3) is 0 Å². The van der Waals surface area contributed by atoms with E-state index in [1.165, 1.54) is 0 Å². The molecule has 1 aromatic rings. The van der Waals surface area contributed by atoms with Crippen molar-refractivity contribution in [3.05, 3.63) is 29.8 Å². The lowest BCUT2D eigenvalue weighted by atomic mass is 9.95. The van der Waals surface area contributed by atoms with Gasteiger partial charge >= 0.3 is 0 Å². The van der Waals surface area contributed by atoms with Crippen LogP contribution >= 0.6 is 15.9 Å². The zero-order chi connectivity index (χ0) is 15.1. The third-order valence-electron chi connectivity index (χ3n) is 4.03. The Balaban J connectivity index is 1.84. The molecule has 0 saturated heterocycles. The zero-order valence-electron chi connectivity index (χ0n) is 12.6. The van der Waals surface area contributed by atoms with Crippen LogP contribution in [0, 0.1) is 11.8 Å². The van der Waals surface area contributed by atoms with Gasteiger partial charge in [0, 0.05) is 11.9 Å². The van der Waals surface area contributed by atoms with Gasteiger partial charge in [0.25, 0.3) is 0 Å². The highest BCUT2D eigenvalue weighted by atomic mass is 79.9. The minimum atomic E-state index is -0.0638. The fraction of sp³-hybridized carbons (Fsp3) is 0.588. The van der Waals surface area contributed by atoms with Crippen LogP contribution in [0.5, 0.6) is 5.75 Å². The van der Waals surface area contributed by atoms with E-state index in [9.17, 15) is 4.79 Å². The fourth-order valence-electron chi connectivity index (χ4n) is 2.80. The molecule has 4 heteroatoms. The van der Waals surface area contributed by atoms with Crippen LogP contribution in [0.4, 0.5) is 0 Å². The van der Waals surface area contributed by atoms with Gasteiger partial charge in [-0.3, -0.25) is 4.79 Å². The molecule has 1 aliphatic rings. The monoisotopic (exact) mass is 353 g/mol. The Bertz CT molecular complexity index is 458. The van der Waals surface area contributed by atoms with E-state index in [1.807, 2.05) is 24.3 Å². The Morgan fingerprint density at radius 1 is 1.43 bits per heavy atom. The molecule has 0 fully saturated rings.